The van der Waals surface area contributed by atoms with Gasteiger partial charge in [0.1, 0.15) is 5.76 Å². The first-order valence-electron chi connectivity index (χ1n) is 9.83. The Balaban J connectivity index is 2.40. The van der Waals surface area contributed by atoms with Gasteiger partial charge in [0, 0.05) is 12.8 Å². The zero-order valence-corrected chi connectivity index (χ0v) is 16.9. The van der Waals surface area contributed by atoms with Crippen molar-refractivity contribution in [3.05, 3.63) is 41.2 Å². The molecule has 0 radical (unpaired) electrons. The lowest BCUT2D eigenvalue weighted by Crippen LogP contribution is -2.28. The number of unbranched alkanes of at least 4 members (excludes halogenated alkanes) is 1. The number of rotatable bonds is 7. The van der Waals surface area contributed by atoms with Crippen LogP contribution in [0.25, 0.3) is 5.57 Å². The molecule has 0 aromatic heterocycles. The van der Waals surface area contributed by atoms with Gasteiger partial charge in [0.15, 0.2) is 5.78 Å². The molecule has 142 valence electrons. The van der Waals surface area contributed by atoms with Gasteiger partial charge < -0.3 is 4.74 Å². The highest BCUT2D eigenvalue weighted by Crippen LogP contribution is 2.41. The number of hydrogen-bond acceptors (Lipinski definition) is 3. The van der Waals surface area contributed by atoms with E-state index in [4.69, 9.17) is 4.74 Å². The number of hydrogen-bond donors (Lipinski definition) is 0. The van der Waals surface area contributed by atoms with E-state index in [9.17, 15) is 9.59 Å². The molecule has 0 heterocycles. The molecule has 1 aromatic rings. The van der Waals surface area contributed by atoms with Crippen LogP contribution in [-0.2, 0) is 14.3 Å². The van der Waals surface area contributed by atoms with E-state index in [0.29, 0.717) is 24.2 Å². The monoisotopic (exact) mass is 356 g/mol. The molecule has 0 fully saturated rings. The number of Topliss-reactive ketones (excluding diaryl/α,β-unsaturated/α-hetero) is 1. The second-order valence-corrected chi connectivity index (χ2v) is 8.22. The molecule has 1 aromatic carbocycles. The summed E-state index contributed by atoms with van der Waals surface area (Å²) in [6, 6.07) is 7.83. The van der Waals surface area contributed by atoms with Crippen LogP contribution in [0, 0.1) is 18.3 Å². The number of ether oxygens (including phenoxy) is 1. The molecule has 0 N–H and O–H groups in total. The molecular formula is C23H32O3. The second-order valence-electron chi connectivity index (χ2n) is 8.22. The number of benzene rings is 1. The first-order chi connectivity index (χ1) is 12.3. The largest absolute Gasteiger partial charge is 0.430 e. The average molecular weight is 357 g/mol. The topological polar surface area (TPSA) is 43.4 Å². The SMILES string of the molecule is CCCCC(CC)C(=O)OC1=C(c2ccccc2C)C(=O)CC(C)(C)C1. The van der Waals surface area contributed by atoms with Crippen LogP contribution in [0.2, 0.25) is 0 Å². The number of esters is 1. The molecule has 0 amide bonds. The maximum Gasteiger partial charge on any atom is 0.314 e. The molecule has 3 heteroatoms. The van der Waals surface area contributed by atoms with Crippen LogP contribution in [0.1, 0.15) is 77.3 Å². The molecule has 1 aliphatic rings. The normalized spacial score (nSPS) is 18.0. The van der Waals surface area contributed by atoms with Gasteiger partial charge in [0.25, 0.3) is 0 Å². The molecule has 0 saturated heterocycles. The number of allylic oxidation sites excluding steroid dienone is 2. The van der Waals surface area contributed by atoms with Crippen LogP contribution < -0.4 is 0 Å². The predicted octanol–water partition coefficient (Wildman–Crippen LogP) is 5.85. The molecule has 3 nitrogen and oxygen atoms in total. The Hall–Kier alpha value is -1.90. The molecule has 0 aliphatic heterocycles. The van der Waals surface area contributed by atoms with E-state index in [0.717, 1.165) is 36.8 Å². The van der Waals surface area contributed by atoms with Gasteiger partial charge in [0.05, 0.1) is 11.5 Å². The van der Waals surface area contributed by atoms with Crippen LogP contribution in [0.15, 0.2) is 30.0 Å². The molecule has 0 bridgehead atoms. The first-order valence-corrected chi connectivity index (χ1v) is 9.83. The van der Waals surface area contributed by atoms with Gasteiger partial charge in [-0.05, 0) is 36.3 Å². The van der Waals surface area contributed by atoms with Crippen molar-refractivity contribution in [2.24, 2.45) is 11.3 Å². The predicted molar refractivity (Wildman–Crippen MR) is 106 cm³/mol. The van der Waals surface area contributed by atoms with Gasteiger partial charge >= 0.3 is 5.97 Å². The minimum atomic E-state index is -0.190. The van der Waals surface area contributed by atoms with Gasteiger partial charge in [-0.1, -0.05) is 64.8 Å². The van der Waals surface area contributed by atoms with Gasteiger partial charge in [-0.25, -0.2) is 0 Å². The number of carbonyl (C=O) groups is 2. The molecule has 1 unspecified atom stereocenters. The lowest BCUT2D eigenvalue weighted by atomic mass is 9.74. The van der Waals surface area contributed by atoms with Crippen molar-refractivity contribution in [2.45, 2.75) is 73.1 Å². The van der Waals surface area contributed by atoms with E-state index < -0.39 is 0 Å². The Morgan fingerprint density at radius 2 is 1.88 bits per heavy atom. The highest BCUT2D eigenvalue weighted by atomic mass is 16.5. The first kappa shape index (κ1) is 20.4. The van der Waals surface area contributed by atoms with Crippen molar-refractivity contribution in [3.8, 4) is 0 Å². The van der Waals surface area contributed by atoms with Crippen molar-refractivity contribution in [1.82, 2.24) is 0 Å². The average Bonchev–Trinajstić information content (AvgIpc) is 2.55. The molecule has 0 spiro atoms. The molecule has 26 heavy (non-hydrogen) atoms. The maximum atomic E-state index is 12.9. The smallest absolute Gasteiger partial charge is 0.314 e. The van der Waals surface area contributed by atoms with E-state index in [1.54, 1.807) is 0 Å². The Labute approximate surface area is 157 Å². The minimum Gasteiger partial charge on any atom is -0.430 e. The van der Waals surface area contributed by atoms with E-state index >= 15 is 0 Å². The summed E-state index contributed by atoms with van der Waals surface area (Å²) < 4.78 is 5.89. The summed E-state index contributed by atoms with van der Waals surface area (Å²) in [5, 5.41) is 0. The van der Waals surface area contributed by atoms with Crippen molar-refractivity contribution >= 4 is 17.3 Å². The van der Waals surface area contributed by atoms with Crippen molar-refractivity contribution < 1.29 is 14.3 Å². The third-order valence-corrected chi connectivity index (χ3v) is 5.21. The van der Waals surface area contributed by atoms with Crippen molar-refractivity contribution in [3.63, 3.8) is 0 Å². The molecule has 1 aliphatic carbocycles. The summed E-state index contributed by atoms with van der Waals surface area (Å²) in [5.74, 6) is 0.341. The van der Waals surface area contributed by atoms with Gasteiger partial charge in [0.2, 0.25) is 0 Å². The third kappa shape index (κ3) is 4.84. The van der Waals surface area contributed by atoms with E-state index in [-0.39, 0.29) is 23.1 Å². The Morgan fingerprint density at radius 1 is 1.19 bits per heavy atom. The number of ketones is 1. The molecule has 1 atom stereocenters. The summed E-state index contributed by atoms with van der Waals surface area (Å²) in [7, 11) is 0. The summed E-state index contributed by atoms with van der Waals surface area (Å²) >= 11 is 0. The van der Waals surface area contributed by atoms with Gasteiger partial charge in [-0.2, -0.15) is 0 Å². The van der Waals surface area contributed by atoms with Crippen LogP contribution in [0.4, 0.5) is 0 Å². The zero-order chi connectivity index (χ0) is 19.3. The highest BCUT2D eigenvalue weighted by molar-refractivity contribution is 6.22. The summed E-state index contributed by atoms with van der Waals surface area (Å²) in [4.78, 5) is 25.7. The Kier molecular flexibility index (Phi) is 6.80. The molecule has 2 rings (SSSR count). The number of carbonyl (C=O) groups excluding carboxylic acids is 2. The maximum absolute atomic E-state index is 12.9. The molecule has 0 saturated carbocycles. The Morgan fingerprint density at radius 3 is 2.50 bits per heavy atom. The fourth-order valence-corrected chi connectivity index (χ4v) is 3.65. The van der Waals surface area contributed by atoms with Gasteiger partial charge in [-0.15, -0.1) is 0 Å². The fraction of sp³-hybridized carbons (Fsp3) is 0.565. The van der Waals surface area contributed by atoms with Crippen molar-refractivity contribution in [1.29, 1.82) is 0 Å². The van der Waals surface area contributed by atoms with Crippen LogP contribution in [0.5, 0.6) is 0 Å². The summed E-state index contributed by atoms with van der Waals surface area (Å²) in [6.07, 6.45) is 4.77. The van der Waals surface area contributed by atoms with Crippen LogP contribution >= 0.6 is 0 Å². The lowest BCUT2D eigenvalue weighted by molar-refractivity contribution is -0.145. The van der Waals surface area contributed by atoms with Gasteiger partial charge in [-0.3, -0.25) is 9.59 Å². The molecular weight excluding hydrogens is 324 g/mol. The fourth-order valence-electron chi connectivity index (χ4n) is 3.65. The lowest BCUT2D eigenvalue weighted by Gasteiger charge is -2.32. The Bertz CT molecular complexity index is 697. The second kappa shape index (κ2) is 8.66. The highest BCUT2D eigenvalue weighted by Gasteiger charge is 2.36. The van der Waals surface area contributed by atoms with E-state index in [1.807, 2.05) is 38.1 Å². The van der Waals surface area contributed by atoms with E-state index in [1.165, 1.54) is 0 Å². The van der Waals surface area contributed by atoms with Crippen LogP contribution in [0.3, 0.4) is 0 Å². The van der Waals surface area contributed by atoms with E-state index in [2.05, 4.69) is 20.8 Å². The standard InChI is InChI=1S/C23H32O3/c1-6-8-12-17(7-2)22(25)26-20-15-23(4,5)14-19(24)21(20)18-13-10-9-11-16(18)3/h9-11,13,17H,6-8,12,14-15H2,1-5H3. The van der Waals surface area contributed by atoms with Crippen molar-refractivity contribution in [2.75, 3.05) is 0 Å². The summed E-state index contributed by atoms with van der Waals surface area (Å²) in [6.45, 7) is 10.3. The minimum absolute atomic E-state index is 0.0694. The zero-order valence-electron chi connectivity index (χ0n) is 16.9. The van der Waals surface area contributed by atoms with Crippen LogP contribution in [-0.4, -0.2) is 11.8 Å². The summed E-state index contributed by atoms with van der Waals surface area (Å²) in [5.41, 5.74) is 2.32. The number of aryl methyl sites for hydroxylation is 1. The third-order valence-electron chi connectivity index (χ3n) is 5.21. The quantitative estimate of drug-likeness (QED) is 0.575.